The lowest BCUT2D eigenvalue weighted by Crippen LogP contribution is -2.33. The number of likely N-dealkylation sites (tertiary alicyclic amines) is 1. The lowest BCUT2D eigenvalue weighted by molar-refractivity contribution is 0.156. The molecule has 0 radical (unpaired) electrons. The first-order chi connectivity index (χ1) is 8.26. The Labute approximate surface area is 104 Å². The van der Waals surface area contributed by atoms with Gasteiger partial charge in [-0.1, -0.05) is 13.3 Å². The number of piperidine rings is 1. The largest absolute Gasteiger partial charge is 0.481 e. The molecule has 2 rings (SSSR count). The van der Waals surface area contributed by atoms with Crippen molar-refractivity contribution in [2.24, 2.45) is 0 Å². The summed E-state index contributed by atoms with van der Waals surface area (Å²) in [6.07, 6.45) is 5.90. The maximum Gasteiger partial charge on any atom is 0.213 e. The fourth-order valence-electron chi connectivity index (χ4n) is 2.72. The van der Waals surface area contributed by atoms with E-state index < -0.39 is 0 Å². The van der Waals surface area contributed by atoms with E-state index in [2.05, 4.69) is 23.7 Å². The zero-order chi connectivity index (χ0) is 12.3. The summed E-state index contributed by atoms with van der Waals surface area (Å²) in [4.78, 5) is 6.91. The third kappa shape index (κ3) is 2.60. The molecule has 0 aromatic carbocycles. The summed E-state index contributed by atoms with van der Waals surface area (Å²) in [5, 5.41) is 0. The molecule has 0 unspecified atom stereocenters. The molecule has 3 nitrogen and oxygen atoms in total. The molecule has 94 valence electrons. The molecule has 17 heavy (non-hydrogen) atoms. The predicted molar refractivity (Wildman–Crippen MR) is 69.4 cm³/mol. The van der Waals surface area contributed by atoms with Crippen molar-refractivity contribution in [2.45, 2.75) is 39.2 Å². The number of nitrogens with zero attached hydrogens (tertiary/aromatic N) is 2. The maximum atomic E-state index is 5.17. The number of rotatable bonds is 3. The average molecular weight is 234 g/mol. The Kier molecular flexibility index (Phi) is 4.00. The summed E-state index contributed by atoms with van der Waals surface area (Å²) in [7, 11) is 1.67. The van der Waals surface area contributed by atoms with Crippen LogP contribution in [0.4, 0.5) is 0 Å². The number of ether oxygens (including phenoxy) is 1. The van der Waals surface area contributed by atoms with Crippen LogP contribution in [0.2, 0.25) is 0 Å². The van der Waals surface area contributed by atoms with Crippen LogP contribution in [0.15, 0.2) is 12.3 Å². The highest BCUT2D eigenvalue weighted by atomic mass is 16.5. The van der Waals surface area contributed by atoms with Crippen LogP contribution in [0.1, 0.15) is 43.4 Å². The Bertz CT molecular complexity index is 378. The molecule has 1 aromatic heterocycles. The molecule has 0 amide bonds. The van der Waals surface area contributed by atoms with Crippen molar-refractivity contribution in [1.29, 1.82) is 0 Å². The SMILES string of the molecule is CCN1CCCC[C@@H]1c1cnc(OC)cc1C. The molecule has 0 aliphatic carbocycles. The molecule has 0 spiro atoms. The second-order valence-electron chi connectivity index (χ2n) is 4.72. The molecule has 1 saturated heterocycles. The van der Waals surface area contributed by atoms with Crippen molar-refractivity contribution < 1.29 is 4.74 Å². The van der Waals surface area contributed by atoms with Crippen LogP contribution in [-0.2, 0) is 0 Å². The zero-order valence-electron chi connectivity index (χ0n) is 11.1. The van der Waals surface area contributed by atoms with E-state index in [9.17, 15) is 0 Å². The van der Waals surface area contributed by atoms with Crippen molar-refractivity contribution >= 4 is 0 Å². The molecule has 0 bridgehead atoms. The third-order valence-corrected chi connectivity index (χ3v) is 3.71. The second kappa shape index (κ2) is 5.50. The molecule has 1 aliphatic heterocycles. The van der Waals surface area contributed by atoms with Gasteiger partial charge in [-0.3, -0.25) is 4.90 Å². The van der Waals surface area contributed by atoms with Gasteiger partial charge in [0.15, 0.2) is 0 Å². The van der Waals surface area contributed by atoms with Crippen molar-refractivity contribution in [3.05, 3.63) is 23.4 Å². The van der Waals surface area contributed by atoms with Gasteiger partial charge in [0.1, 0.15) is 0 Å². The lowest BCUT2D eigenvalue weighted by Gasteiger charge is -2.35. The Morgan fingerprint density at radius 1 is 1.47 bits per heavy atom. The monoisotopic (exact) mass is 234 g/mol. The Hall–Kier alpha value is -1.09. The van der Waals surface area contributed by atoms with E-state index in [0.717, 1.165) is 6.54 Å². The summed E-state index contributed by atoms with van der Waals surface area (Å²) in [6, 6.07) is 2.59. The highest BCUT2D eigenvalue weighted by molar-refractivity contribution is 5.31. The fourth-order valence-corrected chi connectivity index (χ4v) is 2.72. The highest BCUT2D eigenvalue weighted by Gasteiger charge is 2.24. The predicted octanol–water partition coefficient (Wildman–Crippen LogP) is 2.95. The van der Waals surface area contributed by atoms with Gasteiger partial charge in [-0.05, 0) is 44.0 Å². The van der Waals surface area contributed by atoms with Gasteiger partial charge < -0.3 is 4.74 Å². The molecule has 0 N–H and O–H groups in total. The van der Waals surface area contributed by atoms with Crippen LogP contribution in [0, 0.1) is 6.92 Å². The van der Waals surface area contributed by atoms with Crippen molar-refractivity contribution in [2.75, 3.05) is 20.2 Å². The summed E-state index contributed by atoms with van der Waals surface area (Å²) in [5.41, 5.74) is 2.66. The maximum absolute atomic E-state index is 5.17. The molecule has 3 heteroatoms. The summed E-state index contributed by atoms with van der Waals surface area (Å²) < 4.78 is 5.17. The summed E-state index contributed by atoms with van der Waals surface area (Å²) in [5.74, 6) is 0.713. The molecule has 0 saturated carbocycles. The Morgan fingerprint density at radius 3 is 2.94 bits per heavy atom. The Balaban J connectivity index is 2.25. The molecule has 1 aromatic rings. The van der Waals surface area contributed by atoms with E-state index in [4.69, 9.17) is 4.74 Å². The van der Waals surface area contributed by atoms with Crippen LogP contribution >= 0.6 is 0 Å². The van der Waals surface area contributed by atoms with Gasteiger partial charge in [0.05, 0.1) is 7.11 Å². The van der Waals surface area contributed by atoms with E-state index in [0.29, 0.717) is 11.9 Å². The van der Waals surface area contributed by atoms with Crippen LogP contribution in [0.3, 0.4) is 0 Å². The minimum Gasteiger partial charge on any atom is -0.481 e. The topological polar surface area (TPSA) is 25.4 Å². The van der Waals surface area contributed by atoms with Crippen molar-refractivity contribution in [3.63, 3.8) is 0 Å². The van der Waals surface area contributed by atoms with E-state index >= 15 is 0 Å². The van der Waals surface area contributed by atoms with Gasteiger partial charge in [-0.15, -0.1) is 0 Å². The number of aryl methyl sites for hydroxylation is 1. The van der Waals surface area contributed by atoms with Crippen LogP contribution in [0.25, 0.3) is 0 Å². The third-order valence-electron chi connectivity index (χ3n) is 3.71. The molecule has 1 atom stereocenters. The average Bonchev–Trinajstić information content (AvgIpc) is 2.38. The van der Waals surface area contributed by atoms with Gasteiger partial charge in [0.25, 0.3) is 0 Å². The van der Waals surface area contributed by atoms with Crippen LogP contribution in [-0.4, -0.2) is 30.1 Å². The lowest BCUT2D eigenvalue weighted by atomic mass is 9.94. The minimum atomic E-state index is 0.548. The first-order valence-electron chi connectivity index (χ1n) is 6.50. The molecule has 2 heterocycles. The van der Waals surface area contributed by atoms with Crippen molar-refractivity contribution in [1.82, 2.24) is 9.88 Å². The quantitative estimate of drug-likeness (QED) is 0.804. The van der Waals surface area contributed by atoms with E-state index in [1.54, 1.807) is 7.11 Å². The normalized spacial score (nSPS) is 21.5. The van der Waals surface area contributed by atoms with Crippen LogP contribution < -0.4 is 4.74 Å². The zero-order valence-corrected chi connectivity index (χ0v) is 11.1. The molecular formula is C14H22N2O. The number of hydrogen-bond donors (Lipinski definition) is 0. The first kappa shape index (κ1) is 12.4. The number of methoxy groups -OCH3 is 1. The van der Waals surface area contributed by atoms with E-state index in [1.165, 1.54) is 36.9 Å². The van der Waals surface area contributed by atoms with Gasteiger partial charge in [0, 0.05) is 18.3 Å². The fraction of sp³-hybridized carbons (Fsp3) is 0.643. The van der Waals surface area contributed by atoms with Gasteiger partial charge in [0.2, 0.25) is 5.88 Å². The van der Waals surface area contributed by atoms with E-state index in [1.807, 2.05) is 12.3 Å². The molecule has 1 aliphatic rings. The number of pyridine rings is 1. The minimum absolute atomic E-state index is 0.548. The van der Waals surface area contributed by atoms with Gasteiger partial charge >= 0.3 is 0 Å². The number of hydrogen-bond acceptors (Lipinski definition) is 3. The van der Waals surface area contributed by atoms with Crippen molar-refractivity contribution in [3.8, 4) is 5.88 Å². The standard InChI is InChI=1S/C14H22N2O/c1-4-16-8-6-5-7-13(16)12-10-15-14(17-3)9-11(12)2/h9-10,13H,4-8H2,1-3H3/t13-/m1/s1. The highest BCUT2D eigenvalue weighted by Crippen LogP contribution is 2.32. The van der Waals surface area contributed by atoms with Gasteiger partial charge in [-0.25, -0.2) is 4.98 Å². The summed E-state index contributed by atoms with van der Waals surface area (Å²) in [6.45, 7) is 6.73. The summed E-state index contributed by atoms with van der Waals surface area (Å²) >= 11 is 0. The number of aromatic nitrogens is 1. The second-order valence-corrected chi connectivity index (χ2v) is 4.72. The van der Waals surface area contributed by atoms with Crippen LogP contribution in [0.5, 0.6) is 5.88 Å². The smallest absolute Gasteiger partial charge is 0.213 e. The first-order valence-corrected chi connectivity index (χ1v) is 6.50. The van der Waals surface area contributed by atoms with E-state index in [-0.39, 0.29) is 0 Å². The Morgan fingerprint density at radius 2 is 2.29 bits per heavy atom. The molecule has 1 fully saturated rings. The molecular weight excluding hydrogens is 212 g/mol. The van der Waals surface area contributed by atoms with Gasteiger partial charge in [-0.2, -0.15) is 0 Å².